The smallest absolute Gasteiger partial charge is 0.347 e. The summed E-state index contributed by atoms with van der Waals surface area (Å²) in [7, 11) is 2.92. The van der Waals surface area contributed by atoms with E-state index in [0.29, 0.717) is 17.1 Å². The van der Waals surface area contributed by atoms with Gasteiger partial charge in [-0.15, -0.1) is 0 Å². The van der Waals surface area contributed by atoms with Crippen LogP contribution in [-0.4, -0.2) is 25.3 Å². The molecule has 2 rings (SSSR count). The van der Waals surface area contributed by atoms with Crippen LogP contribution in [0.5, 0.6) is 23.0 Å². The summed E-state index contributed by atoms with van der Waals surface area (Å²) in [5.41, 5.74) is 0.310. The fraction of sp³-hybridized carbons (Fsp3) is 0.133. The van der Waals surface area contributed by atoms with Crippen molar-refractivity contribution in [2.75, 3.05) is 14.2 Å². The van der Waals surface area contributed by atoms with Gasteiger partial charge in [-0.25, -0.2) is 4.79 Å². The lowest BCUT2D eigenvalue weighted by molar-refractivity contribution is 0.0731. The third-order valence-corrected chi connectivity index (χ3v) is 2.69. The third-order valence-electron chi connectivity index (χ3n) is 2.69. The zero-order valence-corrected chi connectivity index (χ0v) is 11.1. The molecule has 0 aliphatic carbocycles. The molecule has 0 unspecified atom stereocenters. The number of phenols is 1. The first-order valence-electron chi connectivity index (χ1n) is 5.88. The molecular formula is C15H14O5. The Bertz CT molecular complexity index is 621. The van der Waals surface area contributed by atoms with Gasteiger partial charge in [0, 0.05) is 6.07 Å². The van der Waals surface area contributed by atoms with Gasteiger partial charge in [0.05, 0.1) is 14.2 Å². The minimum atomic E-state index is -0.563. The summed E-state index contributed by atoms with van der Waals surface area (Å²) < 4.78 is 15.2. The van der Waals surface area contributed by atoms with Crippen molar-refractivity contribution in [3.63, 3.8) is 0 Å². The standard InChI is InChI=1S/C15H14O5/c1-18-13-6-4-3-5-11(13)15(17)20-10-7-8-14(19-2)12(16)9-10/h3-9,16H,1-2H3. The van der Waals surface area contributed by atoms with Gasteiger partial charge >= 0.3 is 5.97 Å². The minimum absolute atomic E-state index is 0.0992. The molecule has 20 heavy (non-hydrogen) atoms. The average Bonchev–Trinajstić information content (AvgIpc) is 2.47. The maximum Gasteiger partial charge on any atom is 0.347 e. The Morgan fingerprint density at radius 3 is 2.35 bits per heavy atom. The van der Waals surface area contributed by atoms with Gasteiger partial charge in [0.1, 0.15) is 17.1 Å². The van der Waals surface area contributed by atoms with Crippen LogP contribution in [0.25, 0.3) is 0 Å². The predicted octanol–water partition coefficient (Wildman–Crippen LogP) is 2.63. The van der Waals surface area contributed by atoms with Crippen LogP contribution in [0.3, 0.4) is 0 Å². The highest BCUT2D eigenvalue weighted by atomic mass is 16.5. The van der Waals surface area contributed by atoms with Crippen molar-refractivity contribution in [2.45, 2.75) is 0 Å². The first kappa shape index (κ1) is 13.7. The highest BCUT2D eigenvalue weighted by Gasteiger charge is 2.14. The number of benzene rings is 2. The lowest BCUT2D eigenvalue weighted by Crippen LogP contribution is -2.10. The maximum absolute atomic E-state index is 12.0. The van der Waals surface area contributed by atoms with Crippen molar-refractivity contribution in [3.05, 3.63) is 48.0 Å². The predicted molar refractivity (Wildman–Crippen MR) is 72.6 cm³/mol. The molecule has 5 nitrogen and oxygen atoms in total. The first-order valence-corrected chi connectivity index (χ1v) is 5.88. The zero-order valence-electron chi connectivity index (χ0n) is 11.1. The van der Waals surface area contributed by atoms with Gasteiger partial charge in [0.15, 0.2) is 11.5 Å². The van der Waals surface area contributed by atoms with E-state index >= 15 is 0 Å². The normalized spacial score (nSPS) is 9.90. The van der Waals surface area contributed by atoms with E-state index in [2.05, 4.69) is 0 Å². The Kier molecular flexibility index (Phi) is 4.10. The molecule has 0 radical (unpaired) electrons. The number of carbonyl (C=O) groups excluding carboxylic acids is 1. The number of hydrogen-bond donors (Lipinski definition) is 1. The summed E-state index contributed by atoms with van der Waals surface area (Å²) in [6.07, 6.45) is 0. The molecule has 0 saturated carbocycles. The van der Waals surface area contributed by atoms with Gasteiger partial charge in [-0.1, -0.05) is 12.1 Å². The maximum atomic E-state index is 12.0. The number of esters is 1. The van der Waals surface area contributed by atoms with Crippen molar-refractivity contribution >= 4 is 5.97 Å². The topological polar surface area (TPSA) is 65.0 Å². The van der Waals surface area contributed by atoms with Gasteiger partial charge < -0.3 is 19.3 Å². The highest BCUT2D eigenvalue weighted by Crippen LogP contribution is 2.30. The van der Waals surface area contributed by atoms with Crippen LogP contribution in [0.15, 0.2) is 42.5 Å². The van der Waals surface area contributed by atoms with Crippen molar-refractivity contribution in [1.82, 2.24) is 0 Å². The van der Waals surface area contributed by atoms with Crippen molar-refractivity contribution in [2.24, 2.45) is 0 Å². The Balaban J connectivity index is 2.21. The lowest BCUT2D eigenvalue weighted by Gasteiger charge is -2.09. The summed E-state index contributed by atoms with van der Waals surface area (Å²) >= 11 is 0. The van der Waals surface area contributed by atoms with E-state index in [1.807, 2.05) is 0 Å². The van der Waals surface area contributed by atoms with E-state index < -0.39 is 5.97 Å². The van der Waals surface area contributed by atoms with E-state index in [-0.39, 0.29) is 11.5 Å². The summed E-state index contributed by atoms with van der Waals surface area (Å²) in [6.45, 7) is 0. The van der Waals surface area contributed by atoms with Gasteiger partial charge in [-0.05, 0) is 24.3 Å². The van der Waals surface area contributed by atoms with Crippen LogP contribution in [0.1, 0.15) is 10.4 Å². The second-order valence-corrected chi connectivity index (χ2v) is 3.92. The third kappa shape index (κ3) is 2.83. The quantitative estimate of drug-likeness (QED) is 0.685. The Hall–Kier alpha value is -2.69. The van der Waals surface area contributed by atoms with Gasteiger partial charge in [-0.2, -0.15) is 0 Å². The highest BCUT2D eigenvalue weighted by molar-refractivity contribution is 5.94. The van der Waals surface area contributed by atoms with E-state index in [0.717, 1.165) is 0 Å². The number of carbonyl (C=O) groups is 1. The molecule has 2 aromatic rings. The molecule has 0 fully saturated rings. The average molecular weight is 274 g/mol. The molecule has 5 heteroatoms. The molecule has 0 aromatic heterocycles. The van der Waals surface area contributed by atoms with E-state index in [9.17, 15) is 9.90 Å². The number of rotatable bonds is 4. The number of ether oxygens (including phenoxy) is 3. The fourth-order valence-electron chi connectivity index (χ4n) is 1.71. The zero-order chi connectivity index (χ0) is 14.5. The molecule has 0 saturated heterocycles. The van der Waals surface area contributed by atoms with Crippen LogP contribution < -0.4 is 14.2 Å². The van der Waals surface area contributed by atoms with Crippen LogP contribution in [0.4, 0.5) is 0 Å². The molecule has 0 aliphatic heterocycles. The molecule has 1 N–H and O–H groups in total. The monoisotopic (exact) mass is 274 g/mol. The van der Waals surface area contributed by atoms with Crippen LogP contribution >= 0.6 is 0 Å². The molecule has 104 valence electrons. The molecule has 0 amide bonds. The van der Waals surface area contributed by atoms with E-state index in [1.165, 1.54) is 32.4 Å². The number of aromatic hydroxyl groups is 1. The van der Waals surface area contributed by atoms with Crippen LogP contribution in [-0.2, 0) is 0 Å². The molecule has 0 heterocycles. The van der Waals surface area contributed by atoms with Crippen molar-refractivity contribution in [1.29, 1.82) is 0 Å². The number of para-hydroxylation sites is 1. The Labute approximate surface area is 116 Å². The Morgan fingerprint density at radius 1 is 1.00 bits per heavy atom. The fourth-order valence-corrected chi connectivity index (χ4v) is 1.71. The summed E-state index contributed by atoms with van der Waals surface area (Å²) in [6, 6.07) is 11.1. The number of methoxy groups -OCH3 is 2. The molecule has 0 spiro atoms. The second-order valence-electron chi connectivity index (χ2n) is 3.92. The second kappa shape index (κ2) is 5.97. The van der Waals surface area contributed by atoms with E-state index in [1.54, 1.807) is 24.3 Å². The van der Waals surface area contributed by atoms with E-state index in [4.69, 9.17) is 14.2 Å². The lowest BCUT2D eigenvalue weighted by atomic mass is 10.2. The van der Waals surface area contributed by atoms with Gasteiger partial charge in [0.2, 0.25) is 0 Å². The molecule has 0 bridgehead atoms. The molecule has 2 aromatic carbocycles. The summed E-state index contributed by atoms with van der Waals surface area (Å²) in [5.74, 6) is 0.293. The number of hydrogen-bond acceptors (Lipinski definition) is 5. The minimum Gasteiger partial charge on any atom is -0.504 e. The van der Waals surface area contributed by atoms with Crippen LogP contribution in [0, 0.1) is 0 Å². The molecule has 0 atom stereocenters. The Morgan fingerprint density at radius 2 is 1.70 bits per heavy atom. The summed E-state index contributed by atoms with van der Waals surface area (Å²) in [4.78, 5) is 12.0. The molecular weight excluding hydrogens is 260 g/mol. The van der Waals surface area contributed by atoms with Gasteiger partial charge in [-0.3, -0.25) is 0 Å². The largest absolute Gasteiger partial charge is 0.504 e. The van der Waals surface area contributed by atoms with Gasteiger partial charge in [0.25, 0.3) is 0 Å². The summed E-state index contributed by atoms with van der Waals surface area (Å²) in [5, 5.41) is 9.63. The number of phenolic OH excluding ortho intramolecular Hbond substituents is 1. The van der Waals surface area contributed by atoms with Crippen molar-refractivity contribution in [3.8, 4) is 23.0 Å². The molecule has 0 aliphatic rings. The SMILES string of the molecule is COc1ccc(OC(=O)c2ccccc2OC)cc1O. The van der Waals surface area contributed by atoms with Crippen LogP contribution in [0.2, 0.25) is 0 Å². The van der Waals surface area contributed by atoms with Crippen molar-refractivity contribution < 1.29 is 24.1 Å². The first-order chi connectivity index (χ1) is 9.65.